The second-order valence-corrected chi connectivity index (χ2v) is 4.69. The van der Waals surface area contributed by atoms with Crippen LogP contribution in [0.2, 0.25) is 0 Å². The summed E-state index contributed by atoms with van der Waals surface area (Å²) in [7, 11) is 0. The fourth-order valence-corrected chi connectivity index (χ4v) is 2.20. The standard InChI is InChI=1S/C12H21NO3/c1-3-8(2)11(14)13-7-9-5-4-6-10(9)12(15)16/h8-10H,3-7H2,1-2H3,(H,13,14)(H,15,16). The number of carbonyl (C=O) groups is 2. The van der Waals surface area contributed by atoms with E-state index in [1.807, 2.05) is 13.8 Å². The highest BCUT2D eigenvalue weighted by molar-refractivity contribution is 5.78. The van der Waals surface area contributed by atoms with E-state index < -0.39 is 5.97 Å². The SMILES string of the molecule is CCC(C)C(=O)NCC1CCCC1C(=O)O. The van der Waals surface area contributed by atoms with Crippen LogP contribution in [0, 0.1) is 17.8 Å². The minimum absolute atomic E-state index is 0.0182. The van der Waals surface area contributed by atoms with Gasteiger partial charge in [0.25, 0.3) is 0 Å². The van der Waals surface area contributed by atoms with Crippen molar-refractivity contribution in [3.63, 3.8) is 0 Å². The predicted octanol–water partition coefficient (Wildman–Crippen LogP) is 1.65. The zero-order valence-corrected chi connectivity index (χ0v) is 10.0. The second-order valence-electron chi connectivity index (χ2n) is 4.69. The highest BCUT2D eigenvalue weighted by Crippen LogP contribution is 2.31. The summed E-state index contributed by atoms with van der Waals surface area (Å²) in [6.07, 6.45) is 3.44. The Balaban J connectivity index is 2.37. The molecule has 4 heteroatoms. The first-order chi connectivity index (χ1) is 7.56. The molecule has 0 aromatic carbocycles. The number of amides is 1. The van der Waals surface area contributed by atoms with Crippen molar-refractivity contribution in [2.45, 2.75) is 39.5 Å². The maximum Gasteiger partial charge on any atom is 0.306 e. The quantitative estimate of drug-likeness (QED) is 0.750. The van der Waals surface area contributed by atoms with Crippen LogP contribution < -0.4 is 5.32 Å². The lowest BCUT2D eigenvalue weighted by atomic mass is 9.96. The van der Waals surface area contributed by atoms with Gasteiger partial charge in [-0.1, -0.05) is 20.3 Å². The van der Waals surface area contributed by atoms with E-state index in [0.29, 0.717) is 6.54 Å². The van der Waals surface area contributed by atoms with Gasteiger partial charge in [0.05, 0.1) is 5.92 Å². The largest absolute Gasteiger partial charge is 0.481 e. The molecule has 1 amide bonds. The summed E-state index contributed by atoms with van der Waals surface area (Å²) in [5.74, 6) is -0.814. The van der Waals surface area contributed by atoms with Gasteiger partial charge in [-0.2, -0.15) is 0 Å². The summed E-state index contributed by atoms with van der Waals surface area (Å²) in [6, 6.07) is 0. The monoisotopic (exact) mass is 227 g/mol. The van der Waals surface area contributed by atoms with Crippen molar-refractivity contribution in [1.29, 1.82) is 0 Å². The number of carboxylic acids is 1. The van der Waals surface area contributed by atoms with Gasteiger partial charge in [-0.3, -0.25) is 9.59 Å². The molecule has 1 aliphatic rings. The summed E-state index contributed by atoms with van der Waals surface area (Å²) < 4.78 is 0. The Morgan fingerprint density at radius 3 is 2.69 bits per heavy atom. The van der Waals surface area contributed by atoms with Gasteiger partial charge in [0, 0.05) is 12.5 Å². The van der Waals surface area contributed by atoms with Crippen LogP contribution in [0.1, 0.15) is 39.5 Å². The third-order valence-corrected chi connectivity index (χ3v) is 3.57. The number of hydrogen-bond donors (Lipinski definition) is 2. The van der Waals surface area contributed by atoms with Crippen LogP contribution >= 0.6 is 0 Å². The summed E-state index contributed by atoms with van der Waals surface area (Å²) in [4.78, 5) is 22.5. The third kappa shape index (κ3) is 3.22. The molecule has 2 N–H and O–H groups in total. The zero-order valence-electron chi connectivity index (χ0n) is 10.0. The minimum atomic E-state index is -0.722. The fourth-order valence-electron chi connectivity index (χ4n) is 2.20. The molecule has 3 atom stereocenters. The summed E-state index contributed by atoms with van der Waals surface area (Å²) >= 11 is 0. The molecule has 0 bridgehead atoms. The average molecular weight is 227 g/mol. The topological polar surface area (TPSA) is 66.4 Å². The van der Waals surface area contributed by atoms with Crippen LogP contribution in [0.15, 0.2) is 0 Å². The molecule has 0 aromatic rings. The van der Waals surface area contributed by atoms with Crippen LogP contribution in [0.25, 0.3) is 0 Å². The first-order valence-corrected chi connectivity index (χ1v) is 6.06. The van der Waals surface area contributed by atoms with Crippen molar-refractivity contribution in [3.05, 3.63) is 0 Å². The van der Waals surface area contributed by atoms with Gasteiger partial charge in [0.2, 0.25) is 5.91 Å². The first-order valence-electron chi connectivity index (χ1n) is 6.06. The van der Waals surface area contributed by atoms with E-state index in [1.54, 1.807) is 0 Å². The molecule has 4 nitrogen and oxygen atoms in total. The fraction of sp³-hybridized carbons (Fsp3) is 0.833. The average Bonchev–Trinajstić information content (AvgIpc) is 2.72. The van der Waals surface area contributed by atoms with E-state index in [-0.39, 0.29) is 23.7 Å². The van der Waals surface area contributed by atoms with Crippen molar-refractivity contribution in [3.8, 4) is 0 Å². The van der Waals surface area contributed by atoms with Gasteiger partial charge in [0.15, 0.2) is 0 Å². The lowest BCUT2D eigenvalue weighted by Gasteiger charge is -2.17. The Morgan fingerprint density at radius 1 is 1.44 bits per heavy atom. The van der Waals surface area contributed by atoms with Crippen LogP contribution in [0.4, 0.5) is 0 Å². The molecule has 1 aliphatic carbocycles. The van der Waals surface area contributed by atoms with Crippen molar-refractivity contribution in [2.75, 3.05) is 6.54 Å². The number of hydrogen-bond acceptors (Lipinski definition) is 2. The highest BCUT2D eigenvalue weighted by Gasteiger charge is 2.32. The summed E-state index contributed by atoms with van der Waals surface area (Å²) in [6.45, 7) is 4.37. The molecule has 3 unspecified atom stereocenters. The molecule has 0 spiro atoms. The maximum absolute atomic E-state index is 11.5. The molecule has 0 aliphatic heterocycles. The van der Waals surface area contributed by atoms with E-state index in [9.17, 15) is 9.59 Å². The van der Waals surface area contributed by atoms with Crippen LogP contribution in [0.5, 0.6) is 0 Å². The molecule has 0 radical (unpaired) electrons. The lowest BCUT2D eigenvalue weighted by molar-refractivity contribution is -0.143. The maximum atomic E-state index is 11.5. The number of nitrogens with one attached hydrogen (secondary N) is 1. The predicted molar refractivity (Wildman–Crippen MR) is 60.9 cm³/mol. The number of aliphatic carboxylic acids is 1. The Morgan fingerprint density at radius 2 is 2.12 bits per heavy atom. The second kappa shape index (κ2) is 5.87. The Kier molecular flexibility index (Phi) is 4.77. The van der Waals surface area contributed by atoms with Gasteiger partial charge in [-0.05, 0) is 25.2 Å². The number of carboxylic acid groups (broad SMARTS) is 1. The minimum Gasteiger partial charge on any atom is -0.481 e. The molecule has 16 heavy (non-hydrogen) atoms. The number of rotatable bonds is 5. The molecule has 1 saturated carbocycles. The third-order valence-electron chi connectivity index (χ3n) is 3.57. The van der Waals surface area contributed by atoms with Gasteiger partial charge < -0.3 is 10.4 Å². The highest BCUT2D eigenvalue weighted by atomic mass is 16.4. The van der Waals surface area contributed by atoms with Crippen LogP contribution in [-0.4, -0.2) is 23.5 Å². The summed E-state index contributed by atoms with van der Waals surface area (Å²) in [5, 5.41) is 11.8. The molecule has 0 aromatic heterocycles. The molecule has 1 rings (SSSR count). The van der Waals surface area contributed by atoms with Crippen LogP contribution in [0.3, 0.4) is 0 Å². The van der Waals surface area contributed by atoms with Gasteiger partial charge in [0.1, 0.15) is 0 Å². The normalized spacial score (nSPS) is 26.4. The Bertz CT molecular complexity index is 265. The molecule has 0 heterocycles. The number of carbonyl (C=O) groups excluding carboxylic acids is 1. The Hall–Kier alpha value is -1.06. The molecule has 1 fully saturated rings. The first kappa shape index (κ1) is 13.0. The van der Waals surface area contributed by atoms with E-state index in [2.05, 4.69) is 5.32 Å². The van der Waals surface area contributed by atoms with Crippen LogP contribution in [-0.2, 0) is 9.59 Å². The Labute approximate surface area is 96.4 Å². The van der Waals surface area contributed by atoms with Crippen molar-refractivity contribution >= 4 is 11.9 Å². The van der Waals surface area contributed by atoms with E-state index in [4.69, 9.17) is 5.11 Å². The molecular formula is C12H21NO3. The lowest BCUT2D eigenvalue weighted by Crippen LogP contribution is -2.35. The van der Waals surface area contributed by atoms with Crippen molar-refractivity contribution in [2.24, 2.45) is 17.8 Å². The molecule has 92 valence electrons. The van der Waals surface area contributed by atoms with E-state index >= 15 is 0 Å². The zero-order chi connectivity index (χ0) is 12.1. The smallest absolute Gasteiger partial charge is 0.306 e. The van der Waals surface area contributed by atoms with Gasteiger partial charge >= 0.3 is 5.97 Å². The molecule has 0 saturated heterocycles. The van der Waals surface area contributed by atoms with Gasteiger partial charge in [-0.25, -0.2) is 0 Å². The van der Waals surface area contributed by atoms with Gasteiger partial charge in [-0.15, -0.1) is 0 Å². The summed E-state index contributed by atoms with van der Waals surface area (Å²) in [5.41, 5.74) is 0. The molecular weight excluding hydrogens is 206 g/mol. The van der Waals surface area contributed by atoms with Crippen molar-refractivity contribution < 1.29 is 14.7 Å². The van der Waals surface area contributed by atoms with E-state index in [1.165, 1.54) is 0 Å². The van der Waals surface area contributed by atoms with E-state index in [0.717, 1.165) is 25.7 Å². The van der Waals surface area contributed by atoms with Crippen molar-refractivity contribution in [1.82, 2.24) is 5.32 Å².